The summed E-state index contributed by atoms with van der Waals surface area (Å²) in [5.41, 5.74) is 4.20. The Morgan fingerprint density at radius 3 is 2.55 bits per heavy atom. The molecule has 0 unspecified atom stereocenters. The summed E-state index contributed by atoms with van der Waals surface area (Å²) in [7, 11) is -2.71. The van der Waals surface area contributed by atoms with Gasteiger partial charge in [-0.2, -0.15) is 9.41 Å². The van der Waals surface area contributed by atoms with Gasteiger partial charge in [0.1, 0.15) is 16.5 Å². The summed E-state index contributed by atoms with van der Waals surface area (Å²) in [6.07, 6.45) is 1.28. The third-order valence-corrected chi connectivity index (χ3v) is 6.52. The van der Waals surface area contributed by atoms with Gasteiger partial charge < -0.3 is 4.74 Å². The van der Waals surface area contributed by atoms with E-state index in [4.69, 9.17) is 4.74 Å². The molecule has 3 rings (SSSR count). The number of sulfonamides is 1. The summed E-state index contributed by atoms with van der Waals surface area (Å²) in [5, 5.41) is 3.81. The fourth-order valence-corrected chi connectivity index (χ4v) is 4.72. The van der Waals surface area contributed by atoms with Crippen LogP contribution in [-0.4, -0.2) is 38.5 Å². The molecule has 3 aromatic carbocycles. The first-order valence-corrected chi connectivity index (χ1v) is 11.5. The number of ether oxygens (including phenoxy) is 1. The maximum atomic E-state index is 13.5. The predicted octanol–water partition coefficient (Wildman–Crippen LogP) is 3.48. The number of amides is 1. The van der Waals surface area contributed by atoms with Crippen LogP contribution in [0.4, 0.5) is 4.39 Å². The molecule has 0 atom stereocenters. The summed E-state index contributed by atoms with van der Waals surface area (Å²) in [4.78, 5) is 12.5. The number of hydrogen-bond donors (Lipinski definition) is 1. The van der Waals surface area contributed by atoms with E-state index in [1.807, 2.05) is 6.07 Å². The number of carbonyl (C=O) groups excluding carboxylic acids is 1. The number of hydrazone groups is 1. The summed E-state index contributed by atoms with van der Waals surface area (Å²) in [5.74, 6) is -0.894. The maximum absolute atomic E-state index is 13.5. The predicted molar refractivity (Wildman–Crippen MR) is 124 cm³/mol. The Bertz CT molecular complexity index is 1250. The first-order chi connectivity index (χ1) is 15.8. The molecule has 0 heterocycles. The topological polar surface area (TPSA) is 88.1 Å². The Morgan fingerprint density at radius 1 is 1.09 bits per heavy atom. The van der Waals surface area contributed by atoms with E-state index >= 15 is 0 Å². The second-order valence-electron chi connectivity index (χ2n) is 7.26. The highest BCUT2D eigenvalue weighted by Crippen LogP contribution is 2.28. The number of benzene rings is 3. The molecule has 7 nitrogen and oxygen atoms in total. The number of nitrogens with one attached hydrogen (secondary N) is 1. The van der Waals surface area contributed by atoms with Crippen LogP contribution in [0.5, 0.6) is 5.75 Å². The van der Waals surface area contributed by atoms with Crippen LogP contribution in [0.2, 0.25) is 0 Å². The number of hydrogen-bond acceptors (Lipinski definition) is 5. The van der Waals surface area contributed by atoms with Crippen molar-refractivity contribution in [1.29, 1.82) is 0 Å². The van der Waals surface area contributed by atoms with Gasteiger partial charge in [-0.3, -0.25) is 4.79 Å². The van der Waals surface area contributed by atoms with Crippen LogP contribution in [0.3, 0.4) is 0 Å². The monoisotopic (exact) mass is 469 g/mol. The van der Waals surface area contributed by atoms with Gasteiger partial charge in [0.25, 0.3) is 5.91 Å². The van der Waals surface area contributed by atoms with Crippen LogP contribution in [0, 0.1) is 12.7 Å². The highest BCUT2D eigenvalue weighted by atomic mass is 32.2. The van der Waals surface area contributed by atoms with Crippen molar-refractivity contribution in [3.63, 3.8) is 0 Å². The van der Waals surface area contributed by atoms with Crippen molar-refractivity contribution in [2.24, 2.45) is 5.10 Å². The van der Waals surface area contributed by atoms with Crippen molar-refractivity contribution in [3.8, 4) is 5.75 Å². The highest BCUT2D eigenvalue weighted by Gasteiger charge is 2.30. The number of nitrogens with zero attached hydrogens (tertiary/aromatic N) is 2. The van der Waals surface area contributed by atoms with Gasteiger partial charge in [-0.1, -0.05) is 48.5 Å². The Labute approximate surface area is 192 Å². The Balaban J connectivity index is 1.85. The van der Waals surface area contributed by atoms with Gasteiger partial charge in [0.15, 0.2) is 0 Å². The molecule has 0 radical (unpaired) electrons. The molecule has 0 bridgehead atoms. The van der Waals surface area contributed by atoms with Crippen molar-refractivity contribution in [2.75, 3.05) is 13.7 Å². The summed E-state index contributed by atoms with van der Waals surface area (Å²) in [6.45, 7) is 1.27. The average molecular weight is 470 g/mol. The molecular formula is C24H24FN3O4S. The molecule has 172 valence electrons. The van der Waals surface area contributed by atoms with E-state index in [2.05, 4.69) is 10.5 Å². The molecule has 0 saturated heterocycles. The van der Waals surface area contributed by atoms with Gasteiger partial charge in [-0.15, -0.1) is 0 Å². The first-order valence-electron chi connectivity index (χ1n) is 10.1. The van der Waals surface area contributed by atoms with Crippen LogP contribution in [0.15, 0.2) is 82.8 Å². The minimum Gasteiger partial charge on any atom is -0.495 e. The van der Waals surface area contributed by atoms with E-state index < -0.39 is 28.3 Å². The van der Waals surface area contributed by atoms with Crippen molar-refractivity contribution in [1.82, 2.24) is 9.73 Å². The molecule has 0 aliphatic rings. The van der Waals surface area contributed by atoms with Crippen LogP contribution >= 0.6 is 0 Å². The van der Waals surface area contributed by atoms with Crippen LogP contribution < -0.4 is 10.2 Å². The Morgan fingerprint density at radius 2 is 1.85 bits per heavy atom. The van der Waals surface area contributed by atoms with E-state index in [1.165, 1.54) is 37.6 Å². The minimum atomic E-state index is -4.10. The standard InChI is InChI=1S/C24H24FN3O4S/c1-18-11-12-22(32-2)23(13-18)33(30,31)28(16-19-7-4-3-5-8-19)17-24(29)27-26-15-20-9-6-10-21(25)14-20/h3-15H,16-17H2,1-2H3,(H,27,29)/b26-15+. The molecule has 3 aromatic rings. The summed E-state index contributed by atoms with van der Waals surface area (Å²) < 4.78 is 46.6. The van der Waals surface area contributed by atoms with Crippen LogP contribution in [0.1, 0.15) is 16.7 Å². The number of rotatable bonds is 9. The first kappa shape index (κ1) is 24.1. The van der Waals surface area contributed by atoms with Gasteiger partial charge in [0.05, 0.1) is 19.9 Å². The lowest BCUT2D eigenvalue weighted by atomic mass is 10.2. The van der Waals surface area contributed by atoms with Gasteiger partial charge in [-0.05, 0) is 47.9 Å². The van der Waals surface area contributed by atoms with Gasteiger partial charge in [0, 0.05) is 6.54 Å². The molecule has 0 spiro atoms. The zero-order valence-corrected chi connectivity index (χ0v) is 19.0. The number of aryl methyl sites for hydroxylation is 1. The fraction of sp³-hybridized carbons (Fsp3) is 0.167. The molecule has 1 N–H and O–H groups in total. The molecule has 9 heteroatoms. The lowest BCUT2D eigenvalue weighted by Gasteiger charge is -2.23. The molecule has 0 saturated carbocycles. The second kappa shape index (κ2) is 10.8. The van der Waals surface area contributed by atoms with Gasteiger partial charge in [-0.25, -0.2) is 18.2 Å². The molecular weight excluding hydrogens is 445 g/mol. The van der Waals surface area contributed by atoms with E-state index in [-0.39, 0.29) is 17.2 Å². The smallest absolute Gasteiger partial charge is 0.255 e. The van der Waals surface area contributed by atoms with Crippen molar-refractivity contribution in [2.45, 2.75) is 18.4 Å². The normalized spacial score (nSPS) is 11.6. The lowest BCUT2D eigenvalue weighted by Crippen LogP contribution is -2.39. The average Bonchev–Trinajstić information content (AvgIpc) is 2.79. The largest absolute Gasteiger partial charge is 0.495 e. The van der Waals surface area contributed by atoms with E-state index in [0.29, 0.717) is 11.1 Å². The third kappa shape index (κ3) is 6.47. The molecule has 0 aliphatic heterocycles. The Hall–Kier alpha value is -3.56. The number of halogens is 1. The van der Waals surface area contributed by atoms with E-state index in [1.54, 1.807) is 49.4 Å². The Kier molecular flexibility index (Phi) is 7.92. The highest BCUT2D eigenvalue weighted by molar-refractivity contribution is 7.89. The molecule has 0 aromatic heterocycles. The summed E-state index contributed by atoms with van der Waals surface area (Å²) >= 11 is 0. The zero-order chi connectivity index (χ0) is 23.8. The summed E-state index contributed by atoms with van der Waals surface area (Å²) in [6, 6.07) is 19.5. The number of methoxy groups -OCH3 is 1. The van der Waals surface area contributed by atoms with Crippen molar-refractivity contribution in [3.05, 3.63) is 95.3 Å². The lowest BCUT2D eigenvalue weighted by molar-refractivity contribution is -0.121. The second-order valence-corrected chi connectivity index (χ2v) is 9.17. The zero-order valence-electron chi connectivity index (χ0n) is 18.2. The van der Waals surface area contributed by atoms with E-state index in [9.17, 15) is 17.6 Å². The van der Waals surface area contributed by atoms with E-state index in [0.717, 1.165) is 9.87 Å². The SMILES string of the molecule is COc1ccc(C)cc1S(=O)(=O)N(CC(=O)N/N=C/c1cccc(F)c1)Cc1ccccc1. The molecule has 33 heavy (non-hydrogen) atoms. The van der Waals surface area contributed by atoms with Gasteiger partial charge in [0.2, 0.25) is 10.0 Å². The third-order valence-electron chi connectivity index (χ3n) is 4.71. The molecule has 0 aliphatic carbocycles. The van der Waals surface area contributed by atoms with Crippen LogP contribution in [0.25, 0.3) is 0 Å². The maximum Gasteiger partial charge on any atom is 0.255 e. The van der Waals surface area contributed by atoms with Gasteiger partial charge >= 0.3 is 0 Å². The van der Waals surface area contributed by atoms with Crippen LogP contribution in [-0.2, 0) is 21.4 Å². The van der Waals surface area contributed by atoms with Crippen molar-refractivity contribution >= 4 is 22.1 Å². The quantitative estimate of drug-likeness (QED) is 0.384. The molecule has 1 amide bonds. The minimum absolute atomic E-state index is 0.0265. The number of carbonyl (C=O) groups is 1. The fourth-order valence-electron chi connectivity index (χ4n) is 3.10. The van der Waals surface area contributed by atoms with Crippen molar-refractivity contribution < 1.29 is 22.3 Å². The molecule has 0 fully saturated rings.